The third-order valence-corrected chi connectivity index (χ3v) is 5.32. The molecule has 2 fully saturated rings. The Morgan fingerprint density at radius 3 is 2.71 bits per heavy atom. The Hall–Kier alpha value is -2.26. The van der Waals surface area contributed by atoms with E-state index in [1.54, 1.807) is 18.2 Å². The first-order chi connectivity index (χ1) is 13.6. The van der Waals surface area contributed by atoms with Gasteiger partial charge in [-0.1, -0.05) is 0 Å². The molecule has 0 aromatic carbocycles. The van der Waals surface area contributed by atoms with E-state index in [0.29, 0.717) is 32.2 Å². The van der Waals surface area contributed by atoms with Crippen LogP contribution in [-0.4, -0.2) is 86.8 Å². The van der Waals surface area contributed by atoms with Gasteiger partial charge in [0.2, 0.25) is 17.8 Å². The second kappa shape index (κ2) is 9.79. The van der Waals surface area contributed by atoms with Crippen molar-refractivity contribution in [3.8, 4) is 0 Å². The molecule has 1 N–H and O–H groups in total. The van der Waals surface area contributed by atoms with Gasteiger partial charge in [0.25, 0.3) is 0 Å². The maximum atomic E-state index is 12.8. The Bertz CT molecular complexity index is 680. The molecule has 2 aliphatic heterocycles. The van der Waals surface area contributed by atoms with Gasteiger partial charge in [-0.15, -0.1) is 0 Å². The van der Waals surface area contributed by atoms with Crippen LogP contribution in [0.25, 0.3) is 0 Å². The van der Waals surface area contributed by atoms with Crippen molar-refractivity contribution in [1.82, 2.24) is 20.2 Å². The molecule has 9 heteroatoms. The van der Waals surface area contributed by atoms with Gasteiger partial charge in [0.05, 0.1) is 18.2 Å². The average molecular weight is 391 g/mol. The molecule has 1 aromatic heterocycles. The SMILES string of the molecule is COCCNC(=O)C1CN(C(=O)COC)CC1c1ccnc(N2CCCC2)n1. The van der Waals surface area contributed by atoms with Crippen LogP contribution in [0.15, 0.2) is 12.3 Å². The molecule has 1 aromatic rings. The number of likely N-dealkylation sites (tertiary alicyclic amines) is 1. The maximum absolute atomic E-state index is 12.8. The second-order valence-corrected chi connectivity index (χ2v) is 7.20. The predicted octanol–water partition coefficient (Wildman–Crippen LogP) is 0.0278. The molecule has 2 saturated heterocycles. The number of methoxy groups -OCH3 is 2. The fraction of sp³-hybridized carbons (Fsp3) is 0.684. The van der Waals surface area contributed by atoms with Crippen LogP contribution in [0.1, 0.15) is 24.5 Å². The Morgan fingerprint density at radius 2 is 2.00 bits per heavy atom. The van der Waals surface area contributed by atoms with E-state index in [-0.39, 0.29) is 30.3 Å². The van der Waals surface area contributed by atoms with Gasteiger partial charge in [-0.3, -0.25) is 9.59 Å². The van der Waals surface area contributed by atoms with Crippen LogP contribution in [0, 0.1) is 5.92 Å². The maximum Gasteiger partial charge on any atom is 0.248 e. The molecule has 0 saturated carbocycles. The molecule has 2 amide bonds. The zero-order valence-corrected chi connectivity index (χ0v) is 16.6. The summed E-state index contributed by atoms with van der Waals surface area (Å²) in [5.74, 6) is -0.0356. The number of nitrogens with one attached hydrogen (secondary N) is 1. The van der Waals surface area contributed by atoms with Gasteiger partial charge in [0.15, 0.2) is 0 Å². The smallest absolute Gasteiger partial charge is 0.248 e. The summed E-state index contributed by atoms with van der Waals surface area (Å²) in [6.07, 6.45) is 4.02. The van der Waals surface area contributed by atoms with Crippen LogP contribution in [0.4, 0.5) is 5.95 Å². The van der Waals surface area contributed by atoms with Crippen molar-refractivity contribution >= 4 is 17.8 Å². The monoisotopic (exact) mass is 391 g/mol. The number of hydrogen-bond acceptors (Lipinski definition) is 7. The zero-order chi connectivity index (χ0) is 19.9. The van der Waals surface area contributed by atoms with Crippen LogP contribution in [-0.2, 0) is 19.1 Å². The van der Waals surface area contributed by atoms with E-state index in [1.165, 1.54) is 7.11 Å². The molecule has 0 bridgehead atoms. The van der Waals surface area contributed by atoms with Gasteiger partial charge < -0.3 is 24.6 Å². The Kier molecular flexibility index (Phi) is 7.16. The molecule has 0 radical (unpaired) electrons. The third-order valence-electron chi connectivity index (χ3n) is 5.32. The number of anilines is 1. The number of aromatic nitrogens is 2. The number of carbonyl (C=O) groups is 2. The summed E-state index contributed by atoms with van der Waals surface area (Å²) >= 11 is 0. The lowest BCUT2D eigenvalue weighted by Gasteiger charge is -2.20. The molecule has 9 nitrogen and oxygen atoms in total. The minimum atomic E-state index is -0.362. The lowest BCUT2D eigenvalue weighted by molar-refractivity contribution is -0.134. The van der Waals surface area contributed by atoms with Crippen molar-refractivity contribution < 1.29 is 19.1 Å². The minimum Gasteiger partial charge on any atom is -0.383 e. The summed E-state index contributed by atoms with van der Waals surface area (Å²) < 4.78 is 9.99. The van der Waals surface area contributed by atoms with Crippen LogP contribution < -0.4 is 10.2 Å². The van der Waals surface area contributed by atoms with Gasteiger partial charge >= 0.3 is 0 Å². The van der Waals surface area contributed by atoms with Gasteiger partial charge in [0.1, 0.15) is 6.61 Å². The van der Waals surface area contributed by atoms with E-state index < -0.39 is 0 Å². The molecule has 0 spiro atoms. The molecule has 3 rings (SSSR count). The Balaban J connectivity index is 1.79. The molecule has 2 aliphatic rings. The van der Waals surface area contributed by atoms with Crippen LogP contribution in [0.5, 0.6) is 0 Å². The number of amides is 2. The van der Waals surface area contributed by atoms with Crippen LogP contribution in [0.2, 0.25) is 0 Å². The quantitative estimate of drug-likeness (QED) is 0.625. The van der Waals surface area contributed by atoms with Crippen molar-refractivity contribution in [2.45, 2.75) is 18.8 Å². The van der Waals surface area contributed by atoms with E-state index in [0.717, 1.165) is 31.6 Å². The predicted molar refractivity (Wildman–Crippen MR) is 103 cm³/mol. The molecular weight excluding hydrogens is 362 g/mol. The minimum absolute atomic E-state index is 0.00748. The highest BCUT2D eigenvalue weighted by Crippen LogP contribution is 2.33. The van der Waals surface area contributed by atoms with Gasteiger partial charge in [0, 0.05) is 59.1 Å². The van der Waals surface area contributed by atoms with E-state index in [9.17, 15) is 9.59 Å². The van der Waals surface area contributed by atoms with E-state index in [2.05, 4.69) is 15.2 Å². The summed E-state index contributed by atoms with van der Waals surface area (Å²) in [6, 6.07) is 1.85. The lowest BCUT2D eigenvalue weighted by Crippen LogP contribution is -2.37. The summed E-state index contributed by atoms with van der Waals surface area (Å²) in [4.78, 5) is 38.1. The summed E-state index contributed by atoms with van der Waals surface area (Å²) in [7, 11) is 3.09. The molecule has 154 valence electrons. The first kappa shape index (κ1) is 20.5. The molecule has 28 heavy (non-hydrogen) atoms. The highest BCUT2D eigenvalue weighted by atomic mass is 16.5. The summed E-state index contributed by atoms with van der Waals surface area (Å²) in [5, 5.41) is 2.90. The van der Waals surface area contributed by atoms with Gasteiger partial charge in [-0.05, 0) is 18.9 Å². The van der Waals surface area contributed by atoms with Gasteiger partial charge in [-0.25, -0.2) is 9.97 Å². The number of hydrogen-bond donors (Lipinski definition) is 1. The molecular formula is C19H29N5O4. The third kappa shape index (κ3) is 4.77. The highest BCUT2D eigenvalue weighted by molar-refractivity contribution is 5.83. The van der Waals surface area contributed by atoms with Crippen LogP contribution in [0.3, 0.4) is 0 Å². The summed E-state index contributed by atoms with van der Waals surface area (Å²) in [6.45, 7) is 3.60. The van der Waals surface area contributed by atoms with Crippen molar-refractivity contribution in [3.63, 3.8) is 0 Å². The van der Waals surface area contributed by atoms with Crippen molar-refractivity contribution in [2.24, 2.45) is 5.92 Å². The molecule has 3 heterocycles. The van der Waals surface area contributed by atoms with Crippen molar-refractivity contribution in [2.75, 3.05) is 65.1 Å². The first-order valence-corrected chi connectivity index (χ1v) is 9.75. The number of rotatable bonds is 8. The lowest BCUT2D eigenvalue weighted by atomic mass is 9.92. The summed E-state index contributed by atoms with van der Waals surface area (Å²) in [5.41, 5.74) is 0.802. The first-order valence-electron chi connectivity index (χ1n) is 9.75. The van der Waals surface area contributed by atoms with Crippen molar-refractivity contribution in [3.05, 3.63) is 18.0 Å². The molecule has 2 atom stereocenters. The number of nitrogens with zero attached hydrogens (tertiary/aromatic N) is 4. The fourth-order valence-electron chi connectivity index (χ4n) is 3.83. The van der Waals surface area contributed by atoms with Crippen LogP contribution >= 0.6 is 0 Å². The average Bonchev–Trinajstić information content (AvgIpc) is 3.39. The van der Waals surface area contributed by atoms with E-state index in [1.807, 2.05) is 6.07 Å². The largest absolute Gasteiger partial charge is 0.383 e. The van der Waals surface area contributed by atoms with E-state index >= 15 is 0 Å². The van der Waals surface area contributed by atoms with Gasteiger partial charge in [-0.2, -0.15) is 0 Å². The highest BCUT2D eigenvalue weighted by Gasteiger charge is 2.41. The van der Waals surface area contributed by atoms with E-state index in [4.69, 9.17) is 14.5 Å². The molecule has 2 unspecified atom stereocenters. The normalized spacial score (nSPS) is 21.9. The van der Waals surface area contributed by atoms with Crippen molar-refractivity contribution in [1.29, 1.82) is 0 Å². The Labute approximate surface area is 165 Å². The second-order valence-electron chi connectivity index (χ2n) is 7.20. The zero-order valence-electron chi connectivity index (χ0n) is 16.6. The number of ether oxygens (including phenoxy) is 2. The molecule has 0 aliphatic carbocycles. The Morgan fingerprint density at radius 1 is 1.21 bits per heavy atom. The fourth-order valence-corrected chi connectivity index (χ4v) is 3.83. The number of carbonyl (C=O) groups excluding carboxylic acids is 2. The standard InChI is InChI=1S/C19H29N5O4/c1-27-10-7-20-18(26)15-12-24(17(25)13-28-2)11-14(15)16-5-6-21-19(22-16)23-8-3-4-9-23/h5-6,14-15H,3-4,7-13H2,1-2H3,(H,20,26). The topological polar surface area (TPSA) is 96.9 Å².